The summed E-state index contributed by atoms with van der Waals surface area (Å²) in [7, 11) is -3.84. The van der Waals surface area contributed by atoms with E-state index in [-0.39, 0.29) is 62.6 Å². The highest BCUT2D eigenvalue weighted by atomic mass is 32.2. The van der Waals surface area contributed by atoms with Crippen LogP contribution in [0.25, 0.3) is 0 Å². The van der Waals surface area contributed by atoms with Gasteiger partial charge in [0.1, 0.15) is 5.82 Å². The smallest absolute Gasteiger partial charge is 0.243 e. The molecule has 0 bridgehead atoms. The van der Waals surface area contributed by atoms with Gasteiger partial charge >= 0.3 is 0 Å². The summed E-state index contributed by atoms with van der Waals surface area (Å²) < 4.78 is 51.0. The predicted molar refractivity (Wildman–Crippen MR) is 115 cm³/mol. The summed E-state index contributed by atoms with van der Waals surface area (Å²) in [6.07, 6.45) is 0.0923. The molecule has 2 aromatic rings. The van der Waals surface area contributed by atoms with Crippen molar-refractivity contribution in [3.8, 4) is 11.5 Å². The minimum Gasteiger partial charge on any atom is -0.454 e. The minimum atomic E-state index is -3.84. The Bertz CT molecular complexity index is 1210. The lowest BCUT2D eigenvalue weighted by Gasteiger charge is -2.35. The van der Waals surface area contributed by atoms with E-state index < -0.39 is 21.8 Å². The zero-order valence-electron chi connectivity index (χ0n) is 17.6. The molecular weight excluding hydrogens is 453 g/mol. The standard InChI is InChI=1S/C22H22FN3O6S/c23-16-2-1-3-18(11-16)33(29,30)25-8-6-24(7-9-25)22(28)15-10-21(27)26(13-15)17-4-5-19-20(12-17)32-14-31-19/h1-5,11-12,15H,6-10,13-14H2. The quantitative estimate of drug-likeness (QED) is 0.664. The third-order valence-electron chi connectivity index (χ3n) is 6.13. The molecule has 0 aromatic heterocycles. The maximum absolute atomic E-state index is 13.5. The molecule has 0 aliphatic carbocycles. The first-order chi connectivity index (χ1) is 15.8. The van der Waals surface area contributed by atoms with Crippen molar-refractivity contribution < 1.29 is 31.9 Å². The molecule has 9 nitrogen and oxygen atoms in total. The van der Waals surface area contributed by atoms with Gasteiger partial charge in [0.05, 0.1) is 10.8 Å². The van der Waals surface area contributed by atoms with Crippen molar-refractivity contribution in [1.29, 1.82) is 0 Å². The summed E-state index contributed by atoms with van der Waals surface area (Å²) in [4.78, 5) is 28.7. The number of carbonyl (C=O) groups is 2. The number of hydrogen-bond acceptors (Lipinski definition) is 6. The maximum atomic E-state index is 13.5. The molecule has 174 valence electrons. The molecule has 0 N–H and O–H groups in total. The van der Waals surface area contributed by atoms with Crippen LogP contribution in [0.1, 0.15) is 6.42 Å². The summed E-state index contributed by atoms with van der Waals surface area (Å²) in [5.74, 6) is -0.277. The van der Waals surface area contributed by atoms with Gasteiger partial charge in [-0.05, 0) is 30.3 Å². The molecule has 33 heavy (non-hydrogen) atoms. The second kappa shape index (κ2) is 8.31. The van der Waals surface area contributed by atoms with Crippen LogP contribution in [0.2, 0.25) is 0 Å². The van der Waals surface area contributed by atoms with Crippen LogP contribution in [0, 0.1) is 11.7 Å². The van der Waals surface area contributed by atoms with Gasteiger partial charge in [-0.1, -0.05) is 6.07 Å². The first-order valence-electron chi connectivity index (χ1n) is 10.6. The number of hydrogen-bond donors (Lipinski definition) is 0. The number of anilines is 1. The predicted octanol–water partition coefficient (Wildman–Crippen LogP) is 1.44. The van der Waals surface area contributed by atoms with Crippen molar-refractivity contribution in [2.45, 2.75) is 11.3 Å². The number of ether oxygens (including phenoxy) is 2. The van der Waals surface area contributed by atoms with E-state index in [4.69, 9.17) is 9.47 Å². The van der Waals surface area contributed by atoms with E-state index in [1.54, 1.807) is 28.0 Å². The Labute approximate surface area is 190 Å². The summed E-state index contributed by atoms with van der Waals surface area (Å²) in [5, 5.41) is 0. The Hall–Kier alpha value is -3.18. The monoisotopic (exact) mass is 475 g/mol. The fraction of sp³-hybridized carbons (Fsp3) is 0.364. The van der Waals surface area contributed by atoms with Crippen LogP contribution in [0.3, 0.4) is 0 Å². The fourth-order valence-electron chi connectivity index (χ4n) is 4.36. The van der Waals surface area contributed by atoms with Gasteiger partial charge in [-0.3, -0.25) is 9.59 Å². The van der Waals surface area contributed by atoms with Crippen molar-refractivity contribution in [3.63, 3.8) is 0 Å². The van der Waals surface area contributed by atoms with Crippen LogP contribution in [0.5, 0.6) is 11.5 Å². The van der Waals surface area contributed by atoms with Gasteiger partial charge in [0.15, 0.2) is 11.5 Å². The van der Waals surface area contributed by atoms with Gasteiger partial charge in [-0.2, -0.15) is 4.31 Å². The molecule has 0 radical (unpaired) electrons. The lowest BCUT2D eigenvalue weighted by atomic mass is 10.1. The number of sulfonamides is 1. The summed E-state index contributed by atoms with van der Waals surface area (Å²) in [6, 6.07) is 10.1. The zero-order valence-corrected chi connectivity index (χ0v) is 18.5. The van der Waals surface area contributed by atoms with Crippen LogP contribution >= 0.6 is 0 Å². The van der Waals surface area contributed by atoms with Gasteiger partial charge in [-0.15, -0.1) is 0 Å². The number of carbonyl (C=O) groups excluding carboxylic acids is 2. The number of amides is 2. The molecule has 2 saturated heterocycles. The van der Waals surface area contributed by atoms with E-state index >= 15 is 0 Å². The number of piperazine rings is 1. The molecule has 2 fully saturated rings. The molecule has 3 aliphatic rings. The van der Waals surface area contributed by atoms with Crippen LogP contribution in [0.4, 0.5) is 10.1 Å². The average molecular weight is 475 g/mol. The van der Waals surface area contributed by atoms with E-state index in [0.29, 0.717) is 17.2 Å². The molecule has 3 heterocycles. The maximum Gasteiger partial charge on any atom is 0.243 e. The number of halogens is 1. The molecule has 2 amide bonds. The van der Waals surface area contributed by atoms with Crippen molar-refractivity contribution in [2.75, 3.05) is 44.4 Å². The summed E-state index contributed by atoms with van der Waals surface area (Å²) >= 11 is 0. The molecule has 11 heteroatoms. The van der Waals surface area contributed by atoms with Crippen molar-refractivity contribution >= 4 is 27.5 Å². The first-order valence-corrected chi connectivity index (χ1v) is 12.0. The third-order valence-corrected chi connectivity index (χ3v) is 8.02. The molecule has 1 atom stereocenters. The van der Waals surface area contributed by atoms with Crippen molar-refractivity contribution in [2.24, 2.45) is 5.92 Å². The van der Waals surface area contributed by atoms with E-state index in [1.807, 2.05) is 0 Å². The Balaban J connectivity index is 1.22. The third kappa shape index (κ3) is 4.02. The molecule has 3 aliphatic heterocycles. The SMILES string of the molecule is O=C(C1CC(=O)N(c2ccc3c(c2)OCO3)C1)N1CCN(S(=O)(=O)c2cccc(F)c2)CC1. The normalized spacial score (nSPS) is 21.0. The highest BCUT2D eigenvalue weighted by Crippen LogP contribution is 2.37. The van der Waals surface area contributed by atoms with E-state index in [1.165, 1.54) is 22.5 Å². The molecular formula is C22H22FN3O6S. The lowest BCUT2D eigenvalue weighted by Crippen LogP contribution is -2.52. The van der Waals surface area contributed by atoms with Gasteiger partial charge < -0.3 is 19.3 Å². The molecule has 5 rings (SSSR count). The Morgan fingerprint density at radius 2 is 1.76 bits per heavy atom. The zero-order chi connectivity index (χ0) is 23.2. The van der Waals surface area contributed by atoms with Gasteiger partial charge in [-0.25, -0.2) is 12.8 Å². The largest absolute Gasteiger partial charge is 0.454 e. The van der Waals surface area contributed by atoms with Gasteiger partial charge in [0.25, 0.3) is 0 Å². The topological polar surface area (TPSA) is 96.5 Å². The summed E-state index contributed by atoms with van der Waals surface area (Å²) in [5.41, 5.74) is 0.644. The number of nitrogens with zero attached hydrogens (tertiary/aromatic N) is 3. The van der Waals surface area contributed by atoms with Crippen molar-refractivity contribution in [1.82, 2.24) is 9.21 Å². The first kappa shape index (κ1) is 21.7. The highest BCUT2D eigenvalue weighted by Gasteiger charge is 2.39. The van der Waals surface area contributed by atoms with Crippen LogP contribution in [-0.4, -0.2) is 69.0 Å². The second-order valence-corrected chi connectivity index (χ2v) is 10.1. The fourth-order valence-corrected chi connectivity index (χ4v) is 5.81. The summed E-state index contributed by atoms with van der Waals surface area (Å²) in [6.45, 7) is 1.02. The number of fused-ring (bicyclic) bond motifs is 1. The Kier molecular flexibility index (Phi) is 5.45. The lowest BCUT2D eigenvalue weighted by molar-refractivity contribution is -0.136. The van der Waals surface area contributed by atoms with E-state index in [0.717, 1.165) is 6.07 Å². The minimum absolute atomic E-state index is 0.0923. The number of rotatable bonds is 4. The van der Waals surface area contributed by atoms with E-state index in [2.05, 4.69) is 0 Å². The molecule has 0 saturated carbocycles. The van der Waals surface area contributed by atoms with Gasteiger partial charge in [0.2, 0.25) is 28.6 Å². The molecule has 0 spiro atoms. The second-order valence-electron chi connectivity index (χ2n) is 8.13. The average Bonchev–Trinajstić information content (AvgIpc) is 3.44. The van der Waals surface area contributed by atoms with Crippen LogP contribution < -0.4 is 14.4 Å². The van der Waals surface area contributed by atoms with Crippen LogP contribution in [0.15, 0.2) is 47.4 Å². The molecule has 2 aromatic carbocycles. The van der Waals surface area contributed by atoms with Gasteiger partial charge in [0, 0.05) is 50.9 Å². The Morgan fingerprint density at radius 1 is 1.00 bits per heavy atom. The van der Waals surface area contributed by atoms with E-state index in [9.17, 15) is 22.4 Å². The van der Waals surface area contributed by atoms with Crippen LogP contribution in [-0.2, 0) is 19.6 Å². The van der Waals surface area contributed by atoms with Crippen molar-refractivity contribution in [3.05, 3.63) is 48.3 Å². The highest BCUT2D eigenvalue weighted by molar-refractivity contribution is 7.89. The Morgan fingerprint density at radius 3 is 2.52 bits per heavy atom. The number of benzene rings is 2. The molecule has 1 unspecified atom stereocenters.